The van der Waals surface area contributed by atoms with Gasteiger partial charge in [-0.2, -0.15) is 5.26 Å². The Balaban J connectivity index is 2.22. The van der Waals surface area contributed by atoms with Crippen molar-refractivity contribution in [2.24, 2.45) is 5.73 Å². The minimum absolute atomic E-state index is 0.0851. The van der Waals surface area contributed by atoms with Crippen molar-refractivity contribution in [3.63, 3.8) is 0 Å². The van der Waals surface area contributed by atoms with Crippen LogP contribution in [0.3, 0.4) is 0 Å². The van der Waals surface area contributed by atoms with Crippen molar-refractivity contribution in [3.8, 4) is 6.07 Å². The molecule has 1 aliphatic rings. The van der Waals surface area contributed by atoms with E-state index in [0.29, 0.717) is 10.7 Å². The van der Waals surface area contributed by atoms with Crippen LogP contribution in [0.1, 0.15) is 17.0 Å². The average Bonchev–Trinajstić information content (AvgIpc) is 2.60. The molecule has 0 saturated heterocycles. The number of non-ortho nitro benzene ring substituents is 1. The predicted molar refractivity (Wildman–Crippen MR) is 92.0 cm³/mol. The van der Waals surface area contributed by atoms with Gasteiger partial charge in [-0.3, -0.25) is 14.9 Å². The number of hydrogen-bond donors (Lipinski definition) is 3. The van der Waals surface area contributed by atoms with Gasteiger partial charge in [0.25, 0.3) is 11.2 Å². The Morgan fingerprint density at radius 3 is 2.64 bits per heavy atom. The number of benzene rings is 1. The van der Waals surface area contributed by atoms with E-state index in [-0.39, 0.29) is 28.5 Å². The molecule has 3 rings (SSSR count). The van der Waals surface area contributed by atoms with Crippen molar-refractivity contribution < 1.29 is 4.92 Å². The Hall–Kier alpha value is -3.32. The molecule has 0 fully saturated rings. The number of nitro benzene ring substituents is 1. The molecule has 0 radical (unpaired) electrons. The molecule has 4 N–H and O–H groups in total. The predicted octanol–water partition coefficient (Wildman–Crippen LogP) is 1.65. The second kappa shape index (κ2) is 6.29. The van der Waals surface area contributed by atoms with Gasteiger partial charge in [-0.05, 0) is 11.8 Å². The molecule has 1 aromatic carbocycles. The SMILES string of the molecule is CSc1nc2c(c(=O)[nH]1)C(c1ccc([N+](=O)[O-])cc1)C(C#N)=C(N)N2. The lowest BCUT2D eigenvalue weighted by Crippen LogP contribution is -2.30. The van der Waals surface area contributed by atoms with Crippen LogP contribution in [0.25, 0.3) is 0 Å². The van der Waals surface area contributed by atoms with E-state index >= 15 is 0 Å². The van der Waals surface area contributed by atoms with E-state index in [1.165, 1.54) is 36.0 Å². The highest BCUT2D eigenvalue weighted by atomic mass is 32.2. The summed E-state index contributed by atoms with van der Waals surface area (Å²) in [4.78, 5) is 29.8. The highest BCUT2D eigenvalue weighted by molar-refractivity contribution is 7.98. The fraction of sp³-hybridized carbons (Fsp3) is 0.133. The number of nitrogens with two attached hydrogens (primary N) is 1. The zero-order chi connectivity index (χ0) is 18.1. The number of thioether (sulfide) groups is 1. The van der Waals surface area contributed by atoms with Gasteiger partial charge in [0, 0.05) is 12.1 Å². The molecular formula is C15H12N6O3S. The number of nitro groups is 1. The first-order valence-corrected chi connectivity index (χ1v) is 8.28. The van der Waals surface area contributed by atoms with Crippen LogP contribution in [0.4, 0.5) is 11.5 Å². The van der Waals surface area contributed by atoms with E-state index in [9.17, 15) is 20.2 Å². The van der Waals surface area contributed by atoms with Crippen LogP contribution < -0.4 is 16.6 Å². The Kier molecular flexibility index (Phi) is 4.16. The molecule has 10 heteroatoms. The molecule has 1 atom stereocenters. The lowest BCUT2D eigenvalue weighted by Gasteiger charge is -2.26. The highest BCUT2D eigenvalue weighted by Gasteiger charge is 2.33. The summed E-state index contributed by atoms with van der Waals surface area (Å²) in [5.41, 5.74) is 6.39. The first kappa shape index (κ1) is 16.5. The molecule has 1 aliphatic heterocycles. The number of allylic oxidation sites excluding steroid dienone is 1. The fourth-order valence-electron chi connectivity index (χ4n) is 2.66. The number of aromatic amines is 1. The molecule has 2 aromatic rings. The fourth-order valence-corrected chi connectivity index (χ4v) is 3.04. The van der Waals surface area contributed by atoms with E-state index in [1.54, 1.807) is 6.26 Å². The lowest BCUT2D eigenvalue weighted by atomic mass is 9.84. The van der Waals surface area contributed by atoms with Crippen LogP contribution in [-0.2, 0) is 0 Å². The van der Waals surface area contributed by atoms with Gasteiger partial charge in [-0.25, -0.2) is 4.98 Å². The van der Waals surface area contributed by atoms with Gasteiger partial charge in [0.05, 0.1) is 28.0 Å². The van der Waals surface area contributed by atoms with Crippen LogP contribution in [-0.4, -0.2) is 21.1 Å². The number of aromatic nitrogens is 2. The summed E-state index contributed by atoms with van der Waals surface area (Å²) < 4.78 is 0. The number of nitrogens with one attached hydrogen (secondary N) is 2. The van der Waals surface area contributed by atoms with Crippen molar-refractivity contribution in [1.82, 2.24) is 9.97 Å². The summed E-state index contributed by atoms with van der Waals surface area (Å²) >= 11 is 1.26. The van der Waals surface area contributed by atoms with E-state index in [0.717, 1.165) is 0 Å². The standard InChI is InChI=1S/C15H12N6O3S/c1-25-15-19-13-11(14(22)20-15)10(9(6-16)12(17)18-13)7-2-4-8(5-3-7)21(23)24/h2-5,10H,17H2,1H3,(H2,18,19,20,22). The maximum Gasteiger partial charge on any atom is 0.269 e. The number of rotatable bonds is 3. The smallest absolute Gasteiger partial charge is 0.269 e. The van der Waals surface area contributed by atoms with Crippen LogP contribution in [0.5, 0.6) is 0 Å². The number of fused-ring (bicyclic) bond motifs is 1. The molecular weight excluding hydrogens is 344 g/mol. The van der Waals surface area contributed by atoms with Crippen molar-refractivity contribution in [1.29, 1.82) is 5.26 Å². The average molecular weight is 356 g/mol. The zero-order valence-electron chi connectivity index (χ0n) is 12.9. The number of anilines is 1. The number of nitrogens with zero attached hydrogens (tertiary/aromatic N) is 3. The topological polar surface area (TPSA) is 151 Å². The van der Waals surface area contributed by atoms with Gasteiger partial charge in [0.2, 0.25) is 0 Å². The highest BCUT2D eigenvalue weighted by Crippen LogP contribution is 2.38. The largest absolute Gasteiger partial charge is 0.384 e. The van der Waals surface area contributed by atoms with E-state index in [2.05, 4.69) is 15.3 Å². The molecule has 0 spiro atoms. The number of hydrogen-bond acceptors (Lipinski definition) is 8. The van der Waals surface area contributed by atoms with E-state index in [4.69, 9.17) is 5.73 Å². The van der Waals surface area contributed by atoms with Gasteiger partial charge in [-0.15, -0.1) is 0 Å². The van der Waals surface area contributed by atoms with Gasteiger partial charge in [0.1, 0.15) is 11.6 Å². The van der Waals surface area contributed by atoms with Crippen LogP contribution in [0.2, 0.25) is 0 Å². The number of H-pyrrole nitrogens is 1. The molecule has 1 unspecified atom stereocenters. The summed E-state index contributed by atoms with van der Waals surface area (Å²) in [5.74, 6) is -0.384. The maximum absolute atomic E-state index is 12.5. The van der Waals surface area contributed by atoms with Crippen molar-refractivity contribution in [3.05, 3.63) is 67.3 Å². The molecule has 1 aromatic heterocycles. The second-order valence-corrected chi connectivity index (χ2v) is 5.98. The summed E-state index contributed by atoms with van der Waals surface area (Å²) in [5, 5.41) is 23.5. The normalized spacial score (nSPS) is 15.9. The first-order chi connectivity index (χ1) is 12.0. The monoisotopic (exact) mass is 356 g/mol. The maximum atomic E-state index is 12.5. The van der Waals surface area contributed by atoms with Gasteiger partial charge >= 0.3 is 0 Å². The van der Waals surface area contributed by atoms with Crippen LogP contribution >= 0.6 is 11.8 Å². The molecule has 25 heavy (non-hydrogen) atoms. The molecule has 0 saturated carbocycles. The second-order valence-electron chi connectivity index (χ2n) is 5.18. The minimum atomic E-state index is -0.755. The Bertz CT molecular complexity index is 990. The van der Waals surface area contributed by atoms with Crippen LogP contribution in [0.15, 0.2) is 45.6 Å². The Morgan fingerprint density at radius 1 is 1.40 bits per heavy atom. The third kappa shape index (κ3) is 2.81. The molecule has 0 amide bonds. The quantitative estimate of drug-likeness (QED) is 0.325. The molecule has 0 bridgehead atoms. The first-order valence-electron chi connectivity index (χ1n) is 7.05. The van der Waals surface area contributed by atoms with E-state index < -0.39 is 16.4 Å². The molecule has 0 aliphatic carbocycles. The van der Waals surface area contributed by atoms with Gasteiger partial charge in [0.15, 0.2) is 5.16 Å². The third-order valence-electron chi connectivity index (χ3n) is 3.81. The van der Waals surface area contributed by atoms with Gasteiger partial charge < -0.3 is 16.0 Å². The van der Waals surface area contributed by atoms with Gasteiger partial charge in [-0.1, -0.05) is 23.9 Å². The summed E-state index contributed by atoms with van der Waals surface area (Å²) in [6.45, 7) is 0. The van der Waals surface area contributed by atoms with Crippen LogP contribution in [0, 0.1) is 21.4 Å². The summed E-state index contributed by atoms with van der Waals surface area (Å²) in [7, 11) is 0. The van der Waals surface area contributed by atoms with Crippen molar-refractivity contribution in [2.45, 2.75) is 11.1 Å². The molecule has 2 heterocycles. The zero-order valence-corrected chi connectivity index (χ0v) is 13.8. The number of nitriles is 1. The Morgan fingerprint density at radius 2 is 2.08 bits per heavy atom. The van der Waals surface area contributed by atoms with Crippen molar-refractivity contribution in [2.75, 3.05) is 11.6 Å². The summed E-state index contributed by atoms with van der Waals surface area (Å²) in [6.07, 6.45) is 1.77. The molecule has 9 nitrogen and oxygen atoms in total. The lowest BCUT2D eigenvalue weighted by molar-refractivity contribution is -0.384. The van der Waals surface area contributed by atoms with Crippen molar-refractivity contribution >= 4 is 23.3 Å². The molecule has 126 valence electrons. The summed E-state index contributed by atoms with van der Waals surface area (Å²) in [6, 6.07) is 7.66. The Labute approximate surface area is 145 Å². The minimum Gasteiger partial charge on any atom is -0.384 e. The third-order valence-corrected chi connectivity index (χ3v) is 4.39. The van der Waals surface area contributed by atoms with E-state index in [1.807, 2.05) is 6.07 Å².